The quantitative estimate of drug-likeness (QED) is 0.854. The highest BCUT2D eigenvalue weighted by molar-refractivity contribution is 9.10. The Balaban J connectivity index is 2.27. The van der Waals surface area contributed by atoms with E-state index in [9.17, 15) is 0 Å². The summed E-state index contributed by atoms with van der Waals surface area (Å²) in [5.74, 6) is 6.98. The van der Waals surface area contributed by atoms with Gasteiger partial charge in [0.15, 0.2) is 0 Å². The molecule has 0 aliphatic rings. The maximum absolute atomic E-state index is 5.92. The van der Waals surface area contributed by atoms with E-state index in [2.05, 4.69) is 45.2 Å². The average molecular weight is 306 g/mol. The topological polar surface area (TPSA) is 25.2 Å². The number of nitrogens with one attached hydrogen (secondary N) is 1. The molecule has 0 aliphatic carbocycles. The molecule has 1 atom stereocenters. The van der Waals surface area contributed by atoms with Gasteiger partial charge in [-0.25, -0.2) is 0 Å². The van der Waals surface area contributed by atoms with E-state index in [1.54, 1.807) is 0 Å². The summed E-state index contributed by atoms with van der Waals surface area (Å²) < 4.78 is 6.92. The van der Waals surface area contributed by atoms with Crippen LogP contribution in [0.15, 0.2) is 33.2 Å². The number of para-hydroxylation sites is 1. The SMILES string of the molecule is CC#CCCC(NC)c1cc2cccc(Br)c2o1. The second-order valence-corrected chi connectivity index (χ2v) is 4.97. The van der Waals surface area contributed by atoms with E-state index < -0.39 is 0 Å². The molecular formula is C15H16BrNO. The number of fused-ring (bicyclic) bond motifs is 1. The van der Waals surface area contributed by atoms with Crippen LogP contribution in [0.3, 0.4) is 0 Å². The van der Waals surface area contributed by atoms with Crippen LogP contribution >= 0.6 is 15.9 Å². The second-order valence-electron chi connectivity index (χ2n) is 4.11. The van der Waals surface area contributed by atoms with Crippen molar-refractivity contribution in [2.75, 3.05) is 7.05 Å². The largest absolute Gasteiger partial charge is 0.458 e. The Bertz CT molecular complexity index is 591. The van der Waals surface area contributed by atoms with Gasteiger partial charge in [-0.1, -0.05) is 12.1 Å². The molecule has 0 amide bonds. The van der Waals surface area contributed by atoms with Crippen LogP contribution in [0.5, 0.6) is 0 Å². The standard InChI is InChI=1S/C15H16BrNO/c1-3-4-5-9-13(17-2)14-10-11-7-6-8-12(16)15(11)18-14/h6-8,10,13,17H,5,9H2,1-2H3. The highest BCUT2D eigenvalue weighted by Gasteiger charge is 2.14. The summed E-state index contributed by atoms with van der Waals surface area (Å²) in [5, 5.41) is 4.41. The van der Waals surface area contributed by atoms with Crippen molar-refractivity contribution in [3.63, 3.8) is 0 Å². The first-order chi connectivity index (χ1) is 8.76. The molecule has 0 aliphatic heterocycles. The highest BCUT2D eigenvalue weighted by atomic mass is 79.9. The van der Waals surface area contributed by atoms with Crippen molar-refractivity contribution in [2.24, 2.45) is 0 Å². The Kier molecular flexibility index (Phi) is 4.46. The lowest BCUT2D eigenvalue weighted by Crippen LogP contribution is -2.15. The summed E-state index contributed by atoms with van der Waals surface area (Å²) >= 11 is 3.51. The molecule has 0 saturated carbocycles. The molecule has 0 fully saturated rings. The summed E-state index contributed by atoms with van der Waals surface area (Å²) in [6, 6.07) is 8.38. The van der Waals surface area contributed by atoms with Gasteiger partial charge in [-0.3, -0.25) is 0 Å². The number of halogens is 1. The monoisotopic (exact) mass is 305 g/mol. The minimum Gasteiger partial charge on any atom is -0.458 e. The fraction of sp³-hybridized carbons (Fsp3) is 0.333. The lowest BCUT2D eigenvalue weighted by atomic mass is 10.1. The van der Waals surface area contributed by atoms with Crippen LogP contribution in [0.1, 0.15) is 31.6 Å². The number of hydrogen-bond donors (Lipinski definition) is 1. The Morgan fingerprint density at radius 3 is 2.94 bits per heavy atom. The number of hydrogen-bond acceptors (Lipinski definition) is 2. The van der Waals surface area contributed by atoms with Crippen LogP contribution < -0.4 is 5.32 Å². The van der Waals surface area contributed by atoms with E-state index in [-0.39, 0.29) is 6.04 Å². The molecule has 0 radical (unpaired) electrons. The van der Waals surface area contributed by atoms with E-state index in [0.717, 1.165) is 34.0 Å². The zero-order valence-electron chi connectivity index (χ0n) is 10.6. The second kappa shape index (κ2) is 6.08. The van der Waals surface area contributed by atoms with Gasteiger partial charge in [0.2, 0.25) is 0 Å². The van der Waals surface area contributed by atoms with Crippen LogP contribution in [0, 0.1) is 11.8 Å². The molecule has 2 aromatic rings. The van der Waals surface area contributed by atoms with Crippen molar-refractivity contribution >= 4 is 26.9 Å². The third-order valence-electron chi connectivity index (χ3n) is 2.94. The maximum Gasteiger partial charge on any atom is 0.148 e. The van der Waals surface area contributed by atoms with Crippen molar-refractivity contribution in [1.29, 1.82) is 0 Å². The summed E-state index contributed by atoms with van der Waals surface area (Å²) in [6.45, 7) is 1.87. The maximum atomic E-state index is 5.92. The van der Waals surface area contributed by atoms with Gasteiger partial charge in [0.05, 0.1) is 10.5 Å². The van der Waals surface area contributed by atoms with Crippen LogP contribution in [0.25, 0.3) is 11.0 Å². The van der Waals surface area contributed by atoms with Gasteiger partial charge in [-0.15, -0.1) is 11.8 Å². The molecular weight excluding hydrogens is 290 g/mol. The van der Waals surface area contributed by atoms with E-state index in [1.165, 1.54) is 0 Å². The third-order valence-corrected chi connectivity index (χ3v) is 3.57. The molecule has 18 heavy (non-hydrogen) atoms. The molecule has 3 heteroatoms. The Hall–Kier alpha value is -1.24. The summed E-state index contributed by atoms with van der Waals surface area (Å²) in [4.78, 5) is 0. The van der Waals surface area contributed by atoms with Crippen molar-refractivity contribution < 1.29 is 4.42 Å². The molecule has 0 saturated heterocycles. The summed E-state index contributed by atoms with van der Waals surface area (Å²) in [5.41, 5.74) is 0.911. The van der Waals surface area contributed by atoms with Crippen molar-refractivity contribution in [2.45, 2.75) is 25.8 Å². The molecule has 0 spiro atoms. The van der Waals surface area contributed by atoms with Gasteiger partial charge in [-0.2, -0.15) is 0 Å². The lowest BCUT2D eigenvalue weighted by molar-refractivity contribution is 0.436. The molecule has 2 rings (SSSR count). The fourth-order valence-electron chi connectivity index (χ4n) is 1.99. The van der Waals surface area contributed by atoms with Crippen LogP contribution in [-0.4, -0.2) is 7.05 Å². The highest BCUT2D eigenvalue weighted by Crippen LogP contribution is 2.30. The van der Waals surface area contributed by atoms with E-state index in [1.807, 2.05) is 26.1 Å². The van der Waals surface area contributed by atoms with Crippen molar-refractivity contribution in [3.05, 3.63) is 34.5 Å². The van der Waals surface area contributed by atoms with Gasteiger partial charge in [0.1, 0.15) is 11.3 Å². The summed E-state index contributed by atoms with van der Waals surface area (Å²) in [7, 11) is 1.95. The molecule has 2 nitrogen and oxygen atoms in total. The van der Waals surface area contributed by atoms with E-state index in [0.29, 0.717) is 0 Å². The molecule has 1 aromatic carbocycles. The summed E-state index contributed by atoms with van der Waals surface area (Å²) in [6.07, 6.45) is 1.83. The van der Waals surface area contributed by atoms with Crippen LogP contribution in [-0.2, 0) is 0 Å². The minimum atomic E-state index is 0.213. The van der Waals surface area contributed by atoms with Crippen molar-refractivity contribution in [3.8, 4) is 11.8 Å². The zero-order chi connectivity index (χ0) is 13.0. The Morgan fingerprint density at radius 1 is 1.44 bits per heavy atom. The van der Waals surface area contributed by atoms with Gasteiger partial charge in [0, 0.05) is 11.8 Å². The normalized spacial score (nSPS) is 12.2. The Labute approximate surface area is 116 Å². The first kappa shape index (κ1) is 13.2. The zero-order valence-corrected chi connectivity index (χ0v) is 12.2. The minimum absolute atomic E-state index is 0.213. The van der Waals surface area contributed by atoms with Gasteiger partial charge >= 0.3 is 0 Å². The molecule has 1 N–H and O–H groups in total. The fourth-order valence-corrected chi connectivity index (χ4v) is 2.45. The molecule has 1 aromatic heterocycles. The number of furan rings is 1. The average Bonchev–Trinajstić information content (AvgIpc) is 2.80. The lowest BCUT2D eigenvalue weighted by Gasteiger charge is -2.11. The predicted octanol–water partition coefficient (Wildman–Crippen LogP) is 4.26. The molecule has 94 valence electrons. The Morgan fingerprint density at radius 2 is 2.28 bits per heavy atom. The molecule has 1 heterocycles. The number of rotatable bonds is 4. The number of benzene rings is 1. The van der Waals surface area contributed by atoms with E-state index >= 15 is 0 Å². The van der Waals surface area contributed by atoms with Gasteiger partial charge in [-0.05, 0) is 48.5 Å². The van der Waals surface area contributed by atoms with Gasteiger partial charge in [0.25, 0.3) is 0 Å². The third kappa shape index (κ3) is 2.77. The predicted molar refractivity (Wildman–Crippen MR) is 78.4 cm³/mol. The molecule has 0 bridgehead atoms. The molecule has 1 unspecified atom stereocenters. The smallest absolute Gasteiger partial charge is 0.148 e. The first-order valence-electron chi connectivity index (χ1n) is 6.01. The van der Waals surface area contributed by atoms with Crippen LogP contribution in [0.2, 0.25) is 0 Å². The first-order valence-corrected chi connectivity index (χ1v) is 6.80. The van der Waals surface area contributed by atoms with Gasteiger partial charge < -0.3 is 9.73 Å². The van der Waals surface area contributed by atoms with E-state index in [4.69, 9.17) is 4.42 Å². The van der Waals surface area contributed by atoms with Crippen molar-refractivity contribution in [1.82, 2.24) is 5.32 Å². The van der Waals surface area contributed by atoms with Crippen LogP contribution in [0.4, 0.5) is 0 Å².